The fraction of sp³-hybridized carbons (Fsp3) is 0.684. The first-order valence-corrected chi connectivity index (χ1v) is 8.58. The minimum absolute atomic E-state index is 0.446. The number of benzene rings is 1. The Bertz CT molecular complexity index is 416. The lowest BCUT2D eigenvalue weighted by molar-refractivity contribution is 0.107. The van der Waals surface area contributed by atoms with Crippen LogP contribution in [0, 0.1) is 5.41 Å². The van der Waals surface area contributed by atoms with Gasteiger partial charge in [0.05, 0.1) is 0 Å². The molecule has 0 aromatic heterocycles. The van der Waals surface area contributed by atoms with Gasteiger partial charge in [-0.05, 0) is 55.9 Å². The van der Waals surface area contributed by atoms with Crippen molar-refractivity contribution in [3.63, 3.8) is 0 Å². The second-order valence-electron chi connectivity index (χ2n) is 6.90. The average Bonchev–Trinajstić information content (AvgIpc) is 2.54. The van der Waals surface area contributed by atoms with Gasteiger partial charge in [0.2, 0.25) is 0 Å². The Morgan fingerprint density at radius 2 is 1.76 bits per heavy atom. The maximum atomic E-state index is 3.50. The molecule has 0 radical (unpaired) electrons. The summed E-state index contributed by atoms with van der Waals surface area (Å²) in [7, 11) is 2.08. The number of hydrogen-bond acceptors (Lipinski definition) is 2. The van der Waals surface area contributed by atoms with E-state index in [0.717, 1.165) is 13.0 Å². The molecule has 118 valence electrons. The molecule has 1 saturated heterocycles. The Morgan fingerprint density at radius 1 is 1.14 bits per heavy atom. The van der Waals surface area contributed by atoms with Gasteiger partial charge in [0.1, 0.15) is 0 Å². The number of piperidine rings is 1. The molecular formula is C19H32N2. The number of likely N-dealkylation sites (tertiary alicyclic amines) is 1. The molecule has 1 aromatic carbocycles. The summed E-state index contributed by atoms with van der Waals surface area (Å²) in [6.07, 6.45) is 5.12. The van der Waals surface area contributed by atoms with Crippen LogP contribution in [0.15, 0.2) is 24.3 Å². The van der Waals surface area contributed by atoms with Crippen molar-refractivity contribution in [2.24, 2.45) is 5.41 Å². The number of nitrogens with one attached hydrogen (secondary N) is 1. The van der Waals surface area contributed by atoms with Gasteiger partial charge in [-0.3, -0.25) is 0 Å². The molecular weight excluding hydrogens is 256 g/mol. The molecule has 0 bridgehead atoms. The summed E-state index contributed by atoms with van der Waals surface area (Å²) in [4.78, 5) is 2.63. The smallest absolute Gasteiger partial charge is 0.0446 e. The molecule has 0 saturated carbocycles. The standard InChI is InChI=1S/C19H32N2/c1-5-16-7-9-17(10-8-16)18(20-4)15-21-13-11-19(3,6-2)12-14-21/h7-10,18,20H,5-6,11-15H2,1-4H3. The zero-order valence-corrected chi connectivity index (χ0v) is 14.3. The van der Waals surface area contributed by atoms with E-state index in [0.29, 0.717) is 11.5 Å². The van der Waals surface area contributed by atoms with Crippen LogP contribution < -0.4 is 5.32 Å². The topological polar surface area (TPSA) is 15.3 Å². The van der Waals surface area contributed by atoms with Gasteiger partial charge in [-0.2, -0.15) is 0 Å². The van der Waals surface area contributed by atoms with E-state index in [-0.39, 0.29) is 0 Å². The Labute approximate surface area is 130 Å². The largest absolute Gasteiger partial charge is 0.312 e. The zero-order valence-electron chi connectivity index (χ0n) is 14.3. The molecule has 1 aliphatic rings. The minimum Gasteiger partial charge on any atom is -0.312 e. The number of rotatable bonds is 6. The minimum atomic E-state index is 0.446. The third kappa shape index (κ3) is 4.31. The van der Waals surface area contributed by atoms with Crippen molar-refractivity contribution in [3.05, 3.63) is 35.4 Å². The number of nitrogens with zero attached hydrogens (tertiary/aromatic N) is 1. The van der Waals surface area contributed by atoms with Crippen LogP contribution in [0.5, 0.6) is 0 Å². The summed E-state index contributed by atoms with van der Waals surface area (Å²) in [5, 5.41) is 3.50. The quantitative estimate of drug-likeness (QED) is 0.850. The molecule has 1 heterocycles. The van der Waals surface area contributed by atoms with Crippen LogP contribution in [0.4, 0.5) is 0 Å². The van der Waals surface area contributed by atoms with Crippen LogP contribution in [0.25, 0.3) is 0 Å². The summed E-state index contributed by atoms with van der Waals surface area (Å²) in [6, 6.07) is 9.57. The molecule has 1 unspecified atom stereocenters. The lowest BCUT2D eigenvalue weighted by Crippen LogP contribution is -2.42. The lowest BCUT2D eigenvalue weighted by atomic mass is 9.78. The fourth-order valence-electron chi connectivity index (χ4n) is 3.24. The first-order chi connectivity index (χ1) is 10.1. The van der Waals surface area contributed by atoms with Crippen LogP contribution in [0.1, 0.15) is 57.2 Å². The summed E-state index contributed by atoms with van der Waals surface area (Å²) < 4.78 is 0. The molecule has 1 fully saturated rings. The number of aryl methyl sites for hydroxylation is 1. The summed E-state index contributed by atoms with van der Waals surface area (Å²) >= 11 is 0. The predicted molar refractivity (Wildman–Crippen MR) is 91.7 cm³/mol. The SMILES string of the molecule is CCc1ccc(C(CN2CCC(C)(CC)CC2)NC)cc1. The summed E-state index contributed by atoms with van der Waals surface area (Å²) in [6.45, 7) is 10.6. The van der Waals surface area contributed by atoms with Gasteiger partial charge in [-0.25, -0.2) is 0 Å². The summed E-state index contributed by atoms with van der Waals surface area (Å²) in [5.41, 5.74) is 3.41. The first-order valence-electron chi connectivity index (χ1n) is 8.58. The van der Waals surface area contributed by atoms with Gasteiger partial charge in [0.25, 0.3) is 0 Å². The van der Waals surface area contributed by atoms with Crippen LogP contribution >= 0.6 is 0 Å². The fourth-order valence-corrected chi connectivity index (χ4v) is 3.24. The molecule has 1 atom stereocenters. The van der Waals surface area contributed by atoms with Crippen LogP contribution in [-0.2, 0) is 6.42 Å². The highest BCUT2D eigenvalue weighted by Gasteiger charge is 2.29. The van der Waals surface area contributed by atoms with Crippen molar-refractivity contribution in [2.75, 3.05) is 26.7 Å². The van der Waals surface area contributed by atoms with Crippen molar-refractivity contribution >= 4 is 0 Å². The third-order valence-electron chi connectivity index (χ3n) is 5.50. The van der Waals surface area contributed by atoms with E-state index in [1.54, 1.807) is 0 Å². The molecule has 2 rings (SSSR count). The van der Waals surface area contributed by atoms with Gasteiger partial charge in [0, 0.05) is 12.6 Å². The molecule has 0 amide bonds. The second-order valence-corrected chi connectivity index (χ2v) is 6.90. The zero-order chi connectivity index (χ0) is 15.3. The van der Waals surface area contributed by atoms with Crippen LogP contribution in [0.3, 0.4) is 0 Å². The molecule has 2 heteroatoms. The molecule has 21 heavy (non-hydrogen) atoms. The molecule has 0 aliphatic carbocycles. The highest BCUT2D eigenvalue weighted by atomic mass is 15.2. The van der Waals surface area contributed by atoms with E-state index >= 15 is 0 Å². The van der Waals surface area contributed by atoms with Crippen molar-refractivity contribution < 1.29 is 0 Å². The van der Waals surface area contributed by atoms with E-state index < -0.39 is 0 Å². The van der Waals surface area contributed by atoms with Crippen molar-refractivity contribution in [1.29, 1.82) is 0 Å². The van der Waals surface area contributed by atoms with E-state index in [1.165, 1.54) is 43.5 Å². The summed E-state index contributed by atoms with van der Waals surface area (Å²) in [5.74, 6) is 0. The Kier molecular flexibility index (Phi) is 5.83. The van der Waals surface area contributed by atoms with E-state index in [4.69, 9.17) is 0 Å². The lowest BCUT2D eigenvalue weighted by Gasteiger charge is -2.40. The van der Waals surface area contributed by atoms with E-state index in [9.17, 15) is 0 Å². The number of likely N-dealkylation sites (N-methyl/N-ethyl adjacent to an activating group) is 1. The average molecular weight is 288 g/mol. The van der Waals surface area contributed by atoms with Crippen molar-refractivity contribution in [2.45, 2.75) is 52.5 Å². The van der Waals surface area contributed by atoms with Gasteiger partial charge in [-0.1, -0.05) is 51.5 Å². The van der Waals surface area contributed by atoms with Crippen LogP contribution in [-0.4, -0.2) is 31.6 Å². The molecule has 0 spiro atoms. The van der Waals surface area contributed by atoms with Crippen molar-refractivity contribution in [3.8, 4) is 0 Å². The van der Waals surface area contributed by atoms with Gasteiger partial charge in [0.15, 0.2) is 0 Å². The van der Waals surface area contributed by atoms with E-state index in [2.05, 4.69) is 62.3 Å². The van der Waals surface area contributed by atoms with Crippen molar-refractivity contribution in [1.82, 2.24) is 10.2 Å². The van der Waals surface area contributed by atoms with Gasteiger partial charge >= 0.3 is 0 Å². The highest BCUT2D eigenvalue weighted by Crippen LogP contribution is 2.34. The Balaban J connectivity index is 1.93. The second kappa shape index (κ2) is 7.42. The monoisotopic (exact) mass is 288 g/mol. The Morgan fingerprint density at radius 3 is 2.24 bits per heavy atom. The number of hydrogen-bond donors (Lipinski definition) is 1. The first kappa shape index (κ1) is 16.5. The molecule has 2 nitrogen and oxygen atoms in total. The normalized spacial score (nSPS) is 20.4. The molecule has 1 aliphatic heterocycles. The maximum Gasteiger partial charge on any atom is 0.0446 e. The highest BCUT2D eigenvalue weighted by molar-refractivity contribution is 5.25. The predicted octanol–water partition coefficient (Wildman–Crippen LogP) is 4.02. The van der Waals surface area contributed by atoms with Gasteiger partial charge < -0.3 is 10.2 Å². The van der Waals surface area contributed by atoms with Gasteiger partial charge in [-0.15, -0.1) is 0 Å². The maximum absolute atomic E-state index is 3.50. The Hall–Kier alpha value is -0.860. The van der Waals surface area contributed by atoms with Crippen LogP contribution in [0.2, 0.25) is 0 Å². The third-order valence-corrected chi connectivity index (χ3v) is 5.50. The van der Waals surface area contributed by atoms with E-state index in [1.807, 2.05) is 0 Å². The molecule has 1 N–H and O–H groups in total. The molecule has 1 aromatic rings.